The lowest BCUT2D eigenvalue weighted by molar-refractivity contribution is -0.122. The molecule has 1 aliphatic carbocycles. The molecule has 166 valence electrons. The third-order valence-electron chi connectivity index (χ3n) is 6.85. The fourth-order valence-electron chi connectivity index (χ4n) is 5.17. The number of amides is 2. The number of nitrogens with one attached hydrogen (secondary N) is 1. The average molecular weight is 460 g/mol. The first-order valence-electron chi connectivity index (χ1n) is 11.2. The maximum atomic E-state index is 13.1. The fourth-order valence-corrected chi connectivity index (χ4v) is 5.43. The van der Waals surface area contributed by atoms with Gasteiger partial charge in [-0.15, -0.1) is 5.10 Å². The Labute approximate surface area is 196 Å². The highest BCUT2D eigenvalue weighted by Crippen LogP contribution is 2.42. The summed E-state index contributed by atoms with van der Waals surface area (Å²) in [6.07, 6.45) is 5.80. The molecule has 0 saturated carbocycles. The maximum Gasteiger partial charge on any atom is 0.260 e. The van der Waals surface area contributed by atoms with Crippen LogP contribution in [-0.2, 0) is 9.59 Å². The first-order chi connectivity index (χ1) is 16.1. The van der Waals surface area contributed by atoms with E-state index < -0.39 is 0 Å². The van der Waals surface area contributed by atoms with Crippen LogP contribution in [0.3, 0.4) is 0 Å². The Morgan fingerprint density at radius 1 is 0.909 bits per heavy atom. The number of halogens is 1. The Balaban J connectivity index is 1.42. The summed E-state index contributed by atoms with van der Waals surface area (Å²) in [5.74, 6) is -0.437. The van der Waals surface area contributed by atoms with Crippen LogP contribution in [0.1, 0.15) is 42.5 Å². The number of rotatable bonds is 3. The number of nitrogens with zero attached hydrogens (tertiary/aromatic N) is 4. The van der Waals surface area contributed by atoms with Crippen LogP contribution in [0, 0.1) is 11.8 Å². The van der Waals surface area contributed by atoms with Gasteiger partial charge in [0.25, 0.3) is 5.95 Å². The minimum absolute atomic E-state index is 0.0196. The molecule has 2 aromatic carbocycles. The van der Waals surface area contributed by atoms with Gasteiger partial charge >= 0.3 is 0 Å². The van der Waals surface area contributed by atoms with Crippen molar-refractivity contribution in [1.29, 1.82) is 0 Å². The number of imide groups is 1. The third kappa shape index (κ3) is 3.26. The molecular weight excluding hydrogens is 438 g/mol. The monoisotopic (exact) mass is 459 g/mol. The van der Waals surface area contributed by atoms with E-state index in [0.717, 1.165) is 11.1 Å². The normalized spacial score (nSPS) is 26.2. The summed E-state index contributed by atoms with van der Waals surface area (Å²) in [6.45, 7) is 0. The summed E-state index contributed by atoms with van der Waals surface area (Å²) in [5.41, 5.74) is 2.05. The molecule has 1 saturated heterocycles. The lowest BCUT2D eigenvalue weighted by Crippen LogP contribution is -2.32. The van der Waals surface area contributed by atoms with Gasteiger partial charge in [0.05, 0.1) is 23.9 Å². The highest BCUT2D eigenvalue weighted by atomic mass is 35.5. The van der Waals surface area contributed by atoms with E-state index in [0.29, 0.717) is 30.2 Å². The lowest BCUT2D eigenvalue weighted by atomic mass is 9.85. The molecule has 0 bridgehead atoms. The smallest absolute Gasteiger partial charge is 0.260 e. The van der Waals surface area contributed by atoms with E-state index in [1.54, 1.807) is 4.68 Å². The van der Waals surface area contributed by atoms with E-state index in [4.69, 9.17) is 11.6 Å². The van der Waals surface area contributed by atoms with Crippen LogP contribution < -0.4 is 10.2 Å². The van der Waals surface area contributed by atoms with Crippen molar-refractivity contribution in [2.75, 3.05) is 10.2 Å². The number of anilines is 2. The largest absolute Gasteiger partial charge is 0.347 e. The van der Waals surface area contributed by atoms with Crippen LogP contribution in [0.5, 0.6) is 0 Å². The van der Waals surface area contributed by atoms with Gasteiger partial charge in [0.2, 0.25) is 17.8 Å². The van der Waals surface area contributed by atoms with E-state index in [1.165, 1.54) is 4.90 Å². The number of carbonyl (C=O) groups excluding carboxylic acids is 2. The zero-order valence-electron chi connectivity index (χ0n) is 17.8. The predicted octanol–water partition coefficient (Wildman–Crippen LogP) is 4.53. The zero-order chi connectivity index (χ0) is 22.5. The standard InChI is InChI=1S/C25H22ClN5O2/c26-19-13-7-6-12-18(19)21-14-20(15-8-2-1-3-9-15)27-24-28-25(29-31(21)24)30-22(32)16-10-4-5-11-17(16)23(30)33/h1-9,12-13,16-17,20-21H,10-11,14H2,(H,27,28,29)/t16-,17+,20-,21+/m1/s1. The Hall–Kier alpha value is -3.45. The molecule has 3 heterocycles. The highest BCUT2D eigenvalue weighted by Gasteiger charge is 2.50. The van der Waals surface area contributed by atoms with Gasteiger partial charge in [-0.05, 0) is 36.5 Å². The minimum Gasteiger partial charge on any atom is -0.347 e. The second kappa shape index (κ2) is 7.85. The Morgan fingerprint density at radius 3 is 2.27 bits per heavy atom. The molecule has 1 aromatic heterocycles. The van der Waals surface area contributed by atoms with Gasteiger partial charge in [0.1, 0.15) is 0 Å². The van der Waals surface area contributed by atoms with Crippen LogP contribution >= 0.6 is 11.6 Å². The van der Waals surface area contributed by atoms with Crippen molar-refractivity contribution in [3.8, 4) is 0 Å². The molecule has 33 heavy (non-hydrogen) atoms. The fraction of sp³-hybridized carbons (Fsp3) is 0.280. The first kappa shape index (κ1) is 20.2. The summed E-state index contributed by atoms with van der Waals surface area (Å²) in [7, 11) is 0. The number of allylic oxidation sites excluding steroid dienone is 2. The summed E-state index contributed by atoms with van der Waals surface area (Å²) < 4.78 is 1.76. The molecule has 3 aliphatic rings. The van der Waals surface area contributed by atoms with Crippen molar-refractivity contribution in [3.63, 3.8) is 0 Å². The molecule has 0 spiro atoms. The number of hydrogen-bond acceptors (Lipinski definition) is 5. The second-order valence-electron chi connectivity index (χ2n) is 8.73. The number of hydrogen-bond donors (Lipinski definition) is 1. The van der Waals surface area contributed by atoms with Gasteiger partial charge in [-0.25, -0.2) is 9.58 Å². The van der Waals surface area contributed by atoms with Gasteiger partial charge in [0.15, 0.2) is 0 Å². The van der Waals surface area contributed by atoms with Crippen LogP contribution in [0.15, 0.2) is 66.7 Å². The van der Waals surface area contributed by atoms with Gasteiger partial charge < -0.3 is 5.32 Å². The summed E-state index contributed by atoms with van der Waals surface area (Å²) >= 11 is 6.57. The molecule has 2 amide bonds. The predicted molar refractivity (Wildman–Crippen MR) is 125 cm³/mol. The molecule has 4 atom stereocenters. The topological polar surface area (TPSA) is 80.1 Å². The molecule has 1 fully saturated rings. The van der Waals surface area contributed by atoms with Crippen LogP contribution in [-0.4, -0.2) is 26.6 Å². The molecule has 2 aliphatic heterocycles. The van der Waals surface area contributed by atoms with E-state index in [1.807, 2.05) is 54.6 Å². The number of carbonyl (C=O) groups is 2. The van der Waals surface area contributed by atoms with Crippen molar-refractivity contribution < 1.29 is 9.59 Å². The van der Waals surface area contributed by atoms with Crippen LogP contribution in [0.2, 0.25) is 5.02 Å². The quantitative estimate of drug-likeness (QED) is 0.459. The van der Waals surface area contributed by atoms with E-state index in [9.17, 15) is 9.59 Å². The van der Waals surface area contributed by atoms with Gasteiger partial charge in [-0.3, -0.25) is 9.59 Å². The highest BCUT2D eigenvalue weighted by molar-refractivity contribution is 6.31. The van der Waals surface area contributed by atoms with E-state index in [2.05, 4.69) is 27.5 Å². The van der Waals surface area contributed by atoms with Crippen molar-refractivity contribution >= 4 is 35.3 Å². The average Bonchev–Trinajstić information content (AvgIpc) is 3.38. The summed E-state index contributed by atoms with van der Waals surface area (Å²) in [4.78, 5) is 32.0. The van der Waals surface area contributed by atoms with E-state index >= 15 is 0 Å². The Kier molecular flexibility index (Phi) is 4.80. The van der Waals surface area contributed by atoms with Crippen molar-refractivity contribution in [2.45, 2.75) is 31.3 Å². The molecular formula is C25H22ClN5O2. The molecule has 7 nitrogen and oxygen atoms in total. The number of benzene rings is 2. The SMILES string of the molecule is O=C1[C@H]2CC=CC[C@H]2C(=O)N1c1nc2n(n1)[C@H](c1ccccc1Cl)C[C@H](c1ccccc1)N2. The third-order valence-corrected chi connectivity index (χ3v) is 7.20. The van der Waals surface area contributed by atoms with Crippen molar-refractivity contribution in [1.82, 2.24) is 14.8 Å². The molecule has 0 unspecified atom stereocenters. The molecule has 0 radical (unpaired) electrons. The van der Waals surface area contributed by atoms with Gasteiger partial charge in [0, 0.05) is 5.02 Å². The molecule has 6 rings (SSSR count). The maximum absolute atomic E-state index is 13.1. The van der Waals surface area contributed by atoms with Gasteiger partial charge in [-0.2, -0.15) is 4.98 Å². The Morgan fingerprint density at radius 2 is 1.58 bits per heavy atom. The van der Waals surface area contributed by atoms with E-state index in [-0.39, 0.29) is 41.7 Å². The van der Waals surface area contributed by atoms with Crippen LogP contribution in [0.4, 0.5) is 11.9 Å². The number of fused-ring (bicyclic) bond motifs is 2. The minimum atomic E-state index is -0.326. The lowest BCUT2D eigenvalue weighted by Gasteiger charge is -2.32. The zero-order valence-corrected chi connectivity index (χ0v) is 18.5. The Bertz CT molecular complexity index is 1240. The second-order valence-corrected chi connectivity index (χ2v) is 9.14. The van der Waals surface area contributed by atoms with Crippen molar-refractivity contribution in [3.05, 3.63) is 82.9 Å². The molecule has 1 N–H and O–H groups in total. The molecule has 3 aromatic rings. The number of aromatic nitrogens is 3. The summed E-state index contributed by atoms with van der Waals surface area (Å²) in [5, 5.41) is 8.76. The van der Waals surface area contributed by atoms with Crippen molar-refractivity contribution in [2.24, 2.45) is 11.8 Å². The molecule has 8 heteroatoms. The van der Waals surface area contributed by atoms with Crippen LogP contribution in [0.25, 0.3) is 0 Å². The summed E-state index contributed by atoms with van der Waals surface area (Å²) in [6, 6.07) is 17.6. The first-order valence-corrected chi connectivity index (χ1v) is 11.5. The van der Waals surface area contributed by atoms with Gasteiger partial charge in [-0.1, -0.05) is 72.3 Å².